The van der Waals surface area contributed by atoms with E-state index >= 15 is 0 Å². The van der Waals surface area contributed by atoms with E-state index in [1.807, 2.05) is 0 Å². The van der Waals surface area contributed by atoms with Crippen LogP contribution in [0.3, 0.4) is 0 Å². The molecule has 0 atom stereocenters. The summed E-state index contributed by atoms with van der Waals surface area (Å²) in [4.78, 5) is 33.6. The maximum absolute atomic E-state index is 14.0. The van der Waals surface area contributed by atoms with Gasteiger partial charge in [-0.3, -0.25) is 9.59 Å². The molecule has 34 heavy (non-hydrogen) atoms. The normalized spacial score (nSPS) is 13.6. The Labute approximate surface area is 191 Å². The van der Waals surface area contributed by atoms with Crippen LogP contribution in [0.15, 0.2) is 42.7 Å². The Kier molecular flexibility index (Phi) is 6.59. The molecule has 4 rings (SSSR count). The van der Waals surface area contributed by atoms with E-state index in [9.17, 15) is 22.8 Å². The number of nitrogens with two attached hydrogens (primary N) is 1. The fourth-order valence-electron chi connectivity index (χ4n) is 3.32. The maximum Gasteiger partial charge on any atom is 0.253 e. The molecular weight excluding hydrogens is 453 g/mol. The first-order valence-electron chi connectivity index (χ1n) is 10.1. The highest BCUT2D eigenvalue weighted by molar-refractivity contribution is 5.98. The summed E-state index contributed by atoms with van der Waals surface area (Å²) in [5.41, 5.74) is 5.54. The molecule has 1 saturated heterocycles. The molecule has 4 N–H and O–H groups in total. The number of pyridine rings is 2. The second kappa shape index (κ2) is 9.75. The van der Waals surface area contributed by atoms with Crippen molar-refractivity contribution in [1.29, 1.82) is 0 Å². The largest absolute Gasteiger partial charge is 0.380 e. The van der Waals surface area contributed by atoms with Gasteiger partial charge in [-0.1, -0.05) is 0 Å². The molecule has 0 radical (unpaired) electrons. The summed E-state index contributed by atoms with van der Waals surface area (Å²) in [7, 11) is 0. The molecule has 12 heteroatoms. The molecule has 3 heterocycles. The highest BCUT2D eigenvalue weighted by Crippen LogP contribution is 2.24. The lowest BCUT2D eigenvalue weighted by molar-refractivity contribution is -0.125. The van der Waals surface area contributed by atoms with E-state index in [1.165, 1.54) is 18.5 Å². The summed E-state index contributed by atoms with van der Waals surface area (Å²) in [5, 5.41) is 5.63. The molecule has 0 spiro atoms. The quantitative estimate of drug-likeness (QED) is 0.452. The van der Waals surface area contributed by atoms with Gasteiger partial charge in [-0.25, -0.2) is 23.1 Å². The summed E-state index contributed by atoms with van der Waals surface area (Å²) in [5.74, 6) is -3.82. The Bertz CT molecular complexity index is 1240. The Hall–Kier alpha value is -4.19. The summed E-state index contributed by atoms with van der Waals surface area (Å²) in [6, 6.07) is 6.22. The van der Waals surface area contributed by atoms with E-state index in [0.717, 1.165) is 6.07 Å². The molecule has 9 nitrogen and oxygen atoms in total. The molecule has 2 aromatic heterocycles. The van der Waals surface area contributed by atoms with Crippen molar-refractivity contribution in [2.75, 3.05) is 35.3 Å². The predicted molar refractivity (Wildman–Crippen MR) is 117 cm³/mol. The first kappa shape index (κ1) is 23.0. The average molecular weight is 472 g/mol. The van der Waals surface area contributed by atoms with Gasteiger partial charge in [0.15, 0.2) is 11.6 Å². The van der Waals surface area contributed by atoms with Gasteiger partial charge < -0.3 is 26.0 Å². The SMILES string of the molecule is NC(=O)c1cnc(Nc2ccc(N3CCOCC3=O)cn2)cc1NCc1c(F)ccc(F)c1F. The second-order valence-corrected chi connectivity index (χ2v) is 7.28. The zero-order chi connectivity index (χ0) is 24.2. The number of carbonyl (C=O) groups excluding carboxylic acids is 2. The van der Waals surface area contributed by atoms with Crippen LogP contribution < -0.4 is 21.3 Å². The fourth-order valence-corrected chi connectivity index (χ4v) is 3.32. The van der Waals surface area contributed by atoms with Crippen molar-refractivity contribution in [3.63, 3.8) is 0 Å². The number of benzene rings is 1. The van der Waals surface area contributed by atoms with Crippen LogP contribution in [0.5, 0.6) is 0 Å². The van der Waals surface area contributed by atoms with E-state index in [4.69, 9.17) is 10.5 Å². The van der Waals surface area contributed by atoms with E-state index in [1.54, 1.807) is 17.0 Å². The molecule has 2 amide bonds. The third kappa shape index (κ3) is 4.91. The first-order chi connectivity index (χ1) is 16.3. The smallest absolute Gasteiger partial charge is 0.253 e. The van der Waals surface area contributed by atoms with Crippen LogP contribution in [0.25, 0.3) is 0 Å². The Morgan fingerprint density at radius 1 is 1.09 bits per heavy atom. The van der Waals surface area contributed by atoms with Gasteiger partial charge in [0.1, 0.15) is 24.1 Å². The summed E-state index contributed by atoms with van der Waals surface area (Å²) in [6.07, 6.45) is 2.70. The van der Waals surface area contributed by atoms with E-state index in [-0.39, 0.29) is 29.6 Å². The zero-order valence-corrected chi connectivity index (χ0v) is 17.6. The predicted octanol–water partition coefficient (Wildman–Crippen LogP) is 2.71. The number of halogens is 3. The van der Waals surface area contributed by atoms with E-state index in [0.29, 0.717) is 30.7 Å². The maximum atomic E-state index is 14.0. The topological polar surface area (TPSA) is 122 Å². The monoisotopic (exact) mass is 472 g/mol. The zero-order valence-electron chi connectivity index (χ0n) is 17.6. The van der Waals surface area contributed by atoms with Gasteiger partial charge in [-0.05, 0) is 24.3 Å². The van der Waals surface area contributed by atoms with Gasteiger partial charge in [-0.2, -0.15) is 0 Å². The van der Waals surface area contributed by atoms with Crippen molar-refractivity contribution in [3.8, 4) is 0 Å². The lowest BCUT2D eigenvalue weighted by atomic mass is 10.1. The Morgan fingerprint density at radius 3 is 2.56 bits per heavy atom. The van der Waals surface area contributed by atoms with Crippen molar-refractivity contribution in [2.45, 2.75) is 6.54 Å². The third-order valence-electron chi connectivity index (χ3n) is 5.07. The molecule has 0 saturated carbocycles. The van der Waals surface area contributed by atoms with Crippen molar-refractivity contribution in [1.82, 2.24) is 9.97 Å². The number of nitrogens with zero attached hydrogens (tertiary/aromatic N) is 3. The molecule has 1 aliphatic rings. The van der Waals surface area contributed by atoms with Gasteiger partial charge in [0, 0.05) is 30.9 Å². The van der Waals surface area contributed by atoms with E-state index in [2.05, 4.69) is 20.6 Å². The molecule has 1 aliphatic heterocycles. The minimum atomic E-state index is -1.33. The number of hydrogen-bond acceptors (Lipinski definition) is 7. The first-order valence-corrected chi connectivity index (χ1v) is 10.1. The van der Waals surface area contributed by atoms with Gasteiger partial charge in [0.2, 0.25) is 0 Å². The number of amides is 2. The minimum absolute atomic E-state index is 0.00926. The molecular formula is C22H19F3N6O3. The number of rotatable bonds is 7. The lowest BCUT2D eigenvalue weighted by Gasteiger charge is -2.26. The van der Waals surface area contributed by atoms with Gasteiger partial charge in [0.25, 0.3) is 11.8 Å². The highest BCUT2D eigenvalue weighted by Gasteiger charge is 2.20. The van der Waals surface area contributed by atoms with Crippen LogP contribution in [0.2, 0.25) is 0 Å². The summed E-state index contributed by atoms with van der Waals surface area (Å²) < 4.78 is 46.5. The van der Waals surface area contributed by atoms with Crippen molar-refractivity contribution in [3.05, 3.63) is 71.3 Å². The molecule has 0 bridgehead atoms. The molecule has 0 unspecified atom stereocenters. The average Bonchev–Trinajstić information content (AvgIpc) is 2.82. The Morgan fingerprint density at radius 2 is 1.85 bits per heavy atom. The third-order valence-corrected chi connectivity index (χ3v) is 5.07. The lowest BCUT2D eigenvalue weighted by Crippen LogP contribution is -2.41. The number of primary amides is 1. The van der Waals surface area contributed by atoms with Gasteiger partial charge in [0.05, 0.1) is 29.7 Å². The van der Waals surface area contributed by atoms with Crippen molar-refractivity contribution >= 4 is 34.8 Å². The number of hydrogen-bond donors (Lipinski definition) is 3. The minimum Gasteiger partial charge on any atom is -0.380 e. The van der Waals surface area contributed by atoms with Crippen molar-refractivity contribution in [2.24, 2.45) is 5.73 Å². The number of anilines is 4. The fraction of sp³-hybridized carbons (Fsp3) is 0.182. The van der Waals surface area contributed by atoms with Gasteiger partial charge in [-0.15, -0.1) is 0 Å². The van der Waals surface area contributed by atoms with Crippen LogP contribution in [0.4, 0.5) is 36.2 Å². The second-order valence-electron chi connectivity index (χ2n) is 7.28. The summed E-state index contributed by atoms with van der Waals surface area (Å²) in [6.45, 7) is 0.418. The standard InChI is InChI=1S/C22H19F3N6O3/c23-15-2-3-16(24)21(25)13(15)9-27-17-7-19(29-10-14(17)22(26)33)30-18-4-1-12(8-28-18)31-5-6-34-11-20(31)32/h1-4,7-8,10H,5-6,9,11H2,(H2,26,33)(H2,27,28,29,30). The molecule has 176 valence electrons. The molecule has 0 aliphatic carbocycles. The highest BCUT2D eigenvalue weighted by atomic mass is 19.2. The van der Waals surface area contributed by atoms with Crippen LogP contribution in [0.1, 0.15) is 15.9 Å². The van der Waals surface area contributed by atoms with E-state index < -0.39 is 35.5 Å². The van der Waals surface area contributed by atoms with Gasteiger partial charge >= 0.3 is 0 Å². The van der Waals surface area contributed by atoms with Crippen LogP contribution >= 0.6 is 0 Å². The van der Waals surface area contributed by atoms with Crippen LogP contribution in [-0.2, 0) is 16.1 Å². The van der Waals surface area contributed by atoms with Crippen molar-refractivity contribution < 1.29 is 27.5 Å². The Balaban J connectivity index is 1.52. The van der Waals surface area contributed by atoms with Crippen LogP contribution in [-0.4, -0.2) is 41.5 Å². The molecule has 3 aromatic rings. The molecule has 1 aromatic carbocycles. The number of ether oxygens (including phenoxy) is 1. The summed E-state index contributed by atoms with van der Waals surface area (Å²) >= 11 is 0. The number of morpholine rings is 1. The van der Waals surface area contributed by atoms with Crippen LogP contribution in [0, 0.1) is 17.5 Å². The molecule has 1 fully saturated rings. The number of carbonyl (C=O) groups is 2. The number of aromatic nitrogens is 2. The number of nitrogens with one attached hydrogen (secondary N) is 2.